The maximum Gasteiger partial charge on any atom is 0.119 e. The van der Waals surface area contributed by atoms with Gasteiger partial charge in [-0.05, 0) is 31.2 Å². The molecule has 2 rings (SSSR count). The van der Waals surface area contributed by atoms with Crippen molar-refractivity contribution in [3.8, 4) is 5.75 Å². The molecule has 1 aliphatic rings. The Morgan fingerprint density at radius 2 is 2.12 bits per heavy atom. The predicted molar refractivity (Wildman–Crippen MR) is 71.7 cm³/mol. The Morgan fingerprint density at radius 1 is 1.35 bits per heavy atom. The van der Waals surface area contributed by atoms with Gasteiger partial charge in [0, 0.05) is 18.5 Å². The van der Waals surface area contributed by atoms with Crippen LogP contribution in [0.25, 0.3) is 0 Å². The first kappa shape index (κ1) is 12.4. The van der Waals surface area contributed by atoms with Crippen molar-refractivity contribution in [2.45, 2.75) is 31.6 Å². The molecule has 0 aliphatic carbocycles. The molecule has 1 aromatic carbocycles. The second-order valence-corrected chi connectivity index (χ2v) is 5.29. The fourth-order valence-electron chi connectivity index (χ4n) is 2.94. The second kappa shape index (κ2) is 5.09. The van der Waals surface area contributed by atoms with Crippen molar-refractivity contribution in [2.75, 3.05) is 27.2 Å². The highest BCUT2D eigenvalue weighted by atomic mass is 16.5. The van der Waals surface area contributed by atoms with E-state index in [2.05, 4.69) is 37.1 Å². The van der Waals surface area contributed by atoms with E-state index in [0.717, 1.165) is 5.75 Å². The number of likely N-dealkylation sites (N-methyl/N-ethyl adjacent to an activating group) is 1. The van der Waals surface area contributed by atoms with Gasteiger partial charge in [0.2, 0.25) is 0 Å². The molecule has 0 N–H and O–H groups in total. The lowest BCUT2D eigenvalue weighted by Gasteiger charge is -2.49. The number of benzene rings is 1. The summed E-state index contributed by atoms with van der Waals surface area (Å²) < 4.78 is 5.34. The Labute approximate surface area is 105 Å². The van der Waals surface area contributed by atoms with Crippen LogP contribution in [0.5, 0.6) is 5.75 Å². The number of hydrogen-bond acceptors (Lipinski definition) is 2. The van der Waals surface area contributed by atoms with Crippen LogP contribution in [0.3, 0.4) is 0 Å². The summed E-state index contributed by atoms with van der Waals surface area (Å²) in [6.45, 7) is 4.63. The smallest absolute Gasteiger partial charge is 0.119 e. The molecule has 2 heteroatoms. The van der Waals surface area contributed by atoms with E-state index in [0.29, 0.717) is 5.41 Å². The lowest BCUT2D eigenvalue weighted by molar-refractivity contribution is 0.0832. The Bertz CT molecular complexity index is 369. The molecular weight excluding hydrogens is 210 g/mol. The maximum absolute atomic E-state index is 5.34. The van der Waals surface area contributed by atoms with Gasteiger partial charge >= 0.3 is 0 Å². The van der Waals surface area contributed by atoms with Crippen molar-refractivity contribution in [1.29, 1.82) is 0 Å². The highest BCUT2D eigenvalue weighted by Crippen LogP contribution is 2.39. The number of ether oxygens (including phenoxy) is 1. The Balaban J connectivity index is 2.20. The van der Waals surface area contributed by atoms with Crippen LogP contribution in [-0.2, 0) is 5.41 Å². The van der Waals surface area contributed by atoms with Crippen LogP contribution in [-0.4, -0.2) is 32.1 Å². The quantitative estimate of drug-likeness (QED) is 0.775. The second-order valence-electron chi connectivity index (χ2n) is 5.29. The minimum atomic E-state index is 0.374. The number of likely N-dealkylation sites (tertiary alicyclic amines) is 1. The maximum atomic E-state index is 5.34. The Hall–Kier alpha value is -1.02. The molecule has 0 bridgehead atoms. The number of hydrogen-bond donors (Lipinski definition) is 0. The summed E-state index contributed by atoms with van der Waals surface area (Å²) in [6.07, 6.45) is 3.88. The molecule has 0 aromatic heterocycles. The highest BCUT2D eigenvalue weighted by Gasteiger charge is 2.41. The number of nitrogens with zero attached hydrogens (tertiary/aromatic N) is 1. The first-order valence-electron chi connectivity index (χ1n) is 6.53. The van der Waals surface area contributed by atoms with E-state index in [1.807, 2.05) is 6.07 Å². The van der Waals surface area contributed by atoms with Gasteiger partial charge in [0.25, 0.3) is 0 Å². The van der Waals surface area contributed by atoms with E-state index in [4.69, 9.17) is 4.74 Å². The SMILES string of the molecule is CCCCC1(c2cccc(OC)c2)CN(C)C1. The Morgan fingerprint density at radius 3 is 2.71 bits per heavy atom. The molecule has 0 amide bonds. The molecule has 1 saturated heterocycles. The summed E-state index contributed by atoms with van der Waals surface area (Å²) in [7, 11) is 3.94. The van der Waals surface area contributed by atoms with E-state index in [-0.39, 0.29) is 0 Å². The van der Waals surface area contributed by atoms with Crippen molar-refractivity contribution in [3.63, 3.8) is 0 Å². The summed E-state index contributed by atoms with van der Waals surface area (Å²) in [6, 6.07) is 8.60. The largest absolute Gasteiger partial charge is 0.497 e. The first-order chi connectivity index (χ1) is 8.20. The third-order valence-corrected chi connectivity index (χ3v) is 3.84. The van der Waals surface area contributed by atoms with Gasteiger partial charge in [0.1, 0.15) is 5.75 Å². The molecule has 2 nitrogen and oxygen atoms in total. The van der Waals surface area contributed by atoms with Crippen molar-refractivity contribution in [2.24, 2.45) is 0 Å². The number of methoxy groups -OCH3 is 1. The van der Waals surface area contributed by atoms with Crippen LogP contribution < -0.4 is 4.74 Å². The lowest BCUT2D eigenvalue weighted by Crippen LogP contribution is -2.57. The van der Waals surface area contributed by atoms with Crippen LogP contribution in [0.2, 0.25) is 0 Å². The standard InChI is InChI=1S/C15H23NO/c1-4-5-9-15(11-16(2)12-15)13-7-6-8-14(10-13)17-3/h6-8,10H,4-5,9,11-12H2,1-3H3. The molecule has 0 saturated carbocycles. The van der Waals surface area contributed by atoms with Crippen molar-refractivity contribution >= 4 is 0 Å². The molecule has 1 aromatic rings. The zero-order valence-corrected chi connectivity index (χ0v) is 11.2. The third kappa shape index (κ3) is 2.47. The molecule has 0 radical (unpaired) electrons. The topological polar surface area (TPSA) is 12.5 Å². The molecule has 0 atom stereocenters. The third-order valence-electron chi connectivity index (χ3n) is 3.84. The molecular formula is C15H23NO. The van der Waals surface area contributed by atoms with Crippen molar-refractivity contribution < 1.29 is 4.74 Å². The average Bonchev–Trinajstić information content (AvgIpc) is 2.33. The summed E-state index contributed by atoms with van der Waals surface area (Å²) in [5, 5.41) is 0. The van der Waals surface area contributed by atoms with E-state index in [1.54, 1.807) is 7.11 Å². The van der Waals surface area contributed by atoms with E-state index >= 15 is 0 Å². The monoisotopic (exact) mass is 233 g/mol. The van der Waals surface area contributed by atoms with Crippen LogP contribution in [0, 0.1) is 0 Å². The minimum Gasteiger partial charge on any atom is -0.497 e. The zero-order chi connectivity index (χ0) is 12.3. The summed E-state index contributed by atoms with van der Waals surface area (Å²) in [5.74, 6) is 0.980. The molecule has 94 valence electrons. The lowest BCUT2D eigenvalue weighted by atomic mass is 9.70. The highest BCUT2D eigenvalue weighted by molar-refractivity contribution is 5.36. The van der Waals surface area contributed by atoms with Crippen LogP contribution >= 0.6 is 0 Å². The Kier molecular flexibility index (Phi) is 3.72. The van der Waals surface area contributed by atoms with Gasteiger partial charge in [-0.25, -0.2) is 0 Å². The van der Waals surface area contributed by atoms with Crippen molar-refractivity contribution in [3.05, 3.63) is 29.8 Å². The normalized spacial score (nSPS) is 18.8. The molecule has 17 heavy (non-hydrogen) atoms. The average molecular weight is 233 g/mol. The van der Waals surface area contributed by atoms with Gasteiger partial charge in [-0.2, -0.15) is 0 Å². The molecule has 0 spiro atoms. The molecule has 0 unspecified atom stereocenters. The van der Waals surface area contributed by atoms with Gasteiger partial charge in [0.05, 0.1) is 7.11 Å². The molecule has 1 fully saturated rings. The summed E-state index contributed by atoms with van der Waals surface area (Å²) in [5.41, 5.74) is 1.82. The zero-order valence-electron chi connectivity index (χ0n) is 11.2. The van der Waals surface area contributed by atoms with Crippen LogP contribution in [0.15, 0.2) is 24.3 Å². The molecule has 1 heterocycles. The minimum absolute atomic E-state index is 0.374. The molecule has 1 aliphatic heterocycles. The van der Waals surface area contributed by atoms with Gasteiger partial charge in [-0.3, -0.25) is 0 Å². The van der Waals surface area contributed by atoms with E-state index in [1.165, 1.54) is 37.9 Å². The van der Waals surface area contributed by atoms with Crippen LogP contribution in [0.4, 0.5) is 0 Å². The fourth-order valence-corrected chi connectivity index (χ4v) is 2.94. The number of rotatable bonds is 5. The summed E-state index contributed by atoms with van der Waals surface area (Å²) in [4.78, 5) is 2.40. The van der Waals surface area contributed by atoms with Gasteiger partial charge < -0.3 is 9.64 Å². The predicted octanol–water partition coefficient (Wildman–Crippen LogP) is 3.07. The van der Waals surface area contributed by atoms with Gasteiger partial charge in [-0.15, -0.1) is 0 Å². The number of unbranched alkanes of at least 4 members (excludes halogenated alkanes) is 1. The first-order valence-corrected chi connectivity index (χ1v) is 6.53. The summed E-state index contributed by atoms with van der Waals surface area (Å²) >= 11 is 0. The van der Waals surface area contributed by atoms with Gasteiger partial charge in [0.15, 0.2) is 0 Å². The fraction of sp³-hybridized carbons (Fsp3) is 0.600. The van der Waals surface area contributed by atoms with E-state index < -0.39 is 0 Å². The van der Waals surface area contributed by atoms with E-state index in [9.17, 15) is 0 Å². The van der Waals surface area contributed by atoms with Crippen LogP contribution in [0.1, 0.15) is 31.7 Å². The van der Waals surface area contributed by atoms with Gasteiger partial charge in [-0.1, -0.05) is 31.9 Å². The van der Waals surface area contributed by atoms with Crippen molar-refractivity contribution in [1.82, 2.24) is 4.90 Å².